The zero-order valence-corrected chi connectivity index (χ0v) is 40.5. The number of hydrogen-bond donors (Lipinski definition) is 0. The van der Waals surface area contributed by atoms with Crippen LogP contribution in [-0.2, 0) is 21.7 Å². The molecule has 64 heavy (non-hydrogen) atoms. The maximum absolute atomic E-state index is 2.53. The Morgan fingerprint density at radius 1 is 0.219 bits per heavy atom. The first-order chi connectivity index (χ1) is 30.0. The van der Waals surface area contributed by atoms with Crippen LogP contribution in [0.2, 0.25) is 0 Å². The summed E-state index contributed by atoms with van der Waals surface area (Å²) in [5, 5.41) is 21.6. The molecule has 0 atom stereocenters. The third-order valence-corrected chi connectivity index (χ3v) is 14.7. The van der Waals surface area contributed by atoms with Crippen LogP contribution >= 0.6 is 0 Å². The molecule has 11 rings (SSSR count). The third kappa shape index (κ3) is 6.23. The van der Waals surface area contributed by atoms with Gasteiger partial charge in [-0.3, -0.25) is 0 Å². The molecular formula is C64H62. The fourth-order valence-electron chi connectivity index (χ4n) is 11.0. The van der Waals surface area contributed by atoms with Crippen molar-refractivity contribution >= 4 is 86.2 Å². The maximum atomic E-state index is 2.53. The Bertz CT molecular complexity index is 3430. The highest BCUT2D eigenvalue weighted by atomic mass is 14.3. The molecular weight excluding hydrogens is 769 g/mol. The fraction of sp³-hybridized carbons (Fsp3) is 0.281. The Hall–Kier alpha value is -5.98. The minimum atomic E-state index is 0.0552. The minimum Gasteiger partial charge on any atom is -0.0561 e. The lowest BCUT2D eigenvalue weighted by molar-refractivity contribution is 0.568. The summed E-state index contributed by atoms with van der Waals surface area (Å²) in [6.45, 7) is 32.5. The normalized spacial score (nSPS) is 13.5. The number of aryl methyl sites for hydroxylation is 2. The van der Waals surface area contributed by atoms with Crippen LogP contribution in [0.3, 0.4) is 0 Å². The first kappa shape index (κ1) is 40.8. The quantitative estimate of drug-likeness (QED) is 0.152. The zero-order chi connectivity index (χ0) is 45.2. The molecule has 0 heteroatoms. The second kappa shape index (κ2) is 13.3. The van der Waals surface area contributed by atoms with E-state index in [0.29, 0.717) is 0 Å². The highest BCUT2D eigenvalue weighted by Crippen LogP contribution is 2.49. The molecule has 11 aromatic carbocycles. The second-order valence-electron chi connectivity index (χ2n) is 23.7. The van der Waals surface area contributed by atoms with Crippen LogP contribution in [0.25, 0.3) is 108 Å². The number of fused-ring (bicyclic) bond motifs is 11. The average molecular weight is 831 g/mol. The largest absolute Gasteiger partial charge is 0.0561 e. The van der Waals surface area contributed by atoms with Gasteiger partial charge in [0.15, 0.2) is 0 Å². The predicted octanol–water partition coefficient (Wildman–Crippen LogP) is 18.9. The number of hydrogen-bond acceptors (Lipinski definition) is 0. The van der Waals surface area contributed by atoms with Crippen molar-refractivity contribution in [3.05, 3.63) is 155 Å². The molecule has 0 radical (unpaired) electrons. The van der Waals surface area contributed by atoms with Crippen molar-refractivity contribution in [2.75, 3.05) is 0 Å². The van der Waals surface area contributed by atoms with Gasteiger partial charge in [-0.05, 0) is 202 Å². The number of rotatable bonds is 2. The molecule has 0 saturated carbocycles. The van der Waals surface area contributed by atoms with E-state index in [4.69, 9.17) is 0 Å². The molecule has 0 nitrogen and oxygen atoms in total. The van der Waals surface area contributed by atoms with Gasteiger partial charge in [-0.2, -0.15) is 0 Å². The van der Waals surface area contributed by atoms with E-state index in [1.54, 1.807) is 0 Å². The Morgan fingerprint density at radius 3 is 0.766 bits per heavy atom. The Kier molecular flexibility index (Phi) is 8.47. The smallest absolute Gasteiger partial charge is 0.00197 e. The molecule has 11 aromatic rings. The monoisotopic (exact) mass is 830 g/mol. The predicted molar refractivity (Wildman–Crippen MR) is 284 cm³/mol. The highest BCUT2D eigenvalue weighted by molar-refractivity contribution is 6.40. The molecule has 0 heterocycles. The first-order valence-corrected chi connectivity index (χ1v) is 23.6. The summed E-state index contributed by atoms with van der Waals surface area (Å²) < 4.78 is 0. The van der Waals surface area contributed by atoms with Gasteiger partial charge in [0.25, 0.3) is 0 Å². The molecule has 0 saturated heterocycles. The first-order valence-electron chi connectivity index (χ1n) is 23.6. The summed E-state index contributed by atoms with van der Waals surface area (Å²) in [5.74, 6) is 0. The summed E-state index contributed by atoms with van der Waals surface area (Å²) in [7, 11) is 0. The summed E-state index contributed by atoms with van der Waals surface area (Å²) in [4.78, 5) is 0. The van der Waals surface area contributed by atoms with Crippen LogP contribution in [0, 0.1) is 13.8 Å². The van der Waals surface area contributed by atoms with Crippen LogP contribution in [0.4, 0.5) is 0 Å². The van der Waals surface area contributed by atoms with Crippen molar-refractivity contribution in [2.24, 2.45) is 0 Å². The van der Waals surface area contributed by atoms with Crippen LogP contribution in [-0.4, -0.2) is 0 Å². The van der Waals surface area contributed by atoms with Gasteiger partial charge in [-0.15, -0.1) is 0 Å². The molecule has 0 N–H and O–H groups in total. The lowest BCUT2D eigenvalue weighted by Crippen LogP contribution is -2.16. The van der Waals surface area contributed by atoms with E-state index in [2.05, 4.69) is 218 Å². The Morgan fingerprint density at radius 2 is 0.469 bits per heavy atom. The molecule has 0 amide bonds. The lowest BCUT2D eigenvalue weighted by atomic mass is 9.79. The molecule has 0 spiro atoms. The SMILES string of the molecule is Cc1cc2c3ccc4c(cc5c6ccc(-c7cc(C(C)(C)C)cc(C(C)(C)C)c7)cc6c6cc(C)cc4c65)c3cc3c4ccc(-c5cc(C(C)(C)C)cc(C(C)(C)C)c5)cc4c(c1)c23. The van der Waals surface area contributed by atoms with Gasteiger partial charge < -0.3 is 0 Å². The maximum Gasteiger partial charge on any atom is -0.00197 e. The van der Waals surface area contributed by atoms with Gasteiger partial charge >= 0.3 is 0 Å². The van der Waals surface area contributed by atoms with Gasteiger partial charge in [-0.25, -0.2) is 0 Å². The van der Waals surface area contributed by atoms with Crippen molar-refractivity contribution in [3.8, 4) is 22.3 Å². The van der Waals surface area contributed by atoms with E-state index < -0.39 is 0 Å². The van der Waals surface area contributed by atoms with E-state index >= 15 is 0 Å². The van der Waals surface area contributed by atoms with Crippen LogP contribution in [0.1, 0.15) is 116 Å². The third-order valence-electron chi connectivity index (χ3n) is 14.7. The highest BCUT2D eigenvalue weighted by Gasteiger charge is 2.25. The average Bonchev–Trinajstić information content (AvgIpc) is 3.70. The lowest BCUT2D eigenvalue weighted by Gasteiger charge is -2.26. The topological polar surface area (TPSA) is 0 Å². The summed E-state index contributed by atoms with van der Waals surface area (Å²) in [5.41, 5.74) is 13.5. The molecule has 0 unspecified atom stereocenters. The Balaban J connectivity index is 1.16. The van der Waals surface area contributed by atoms with Gasteiger partial charge in [0.05, 0.1) is 0 Å². The standard InChI is InChI=1S/C64H62/c1-35-21-53-47-19-20-48-52(51(47)33-57-45-17-15-37(29-49(45)55(23-35)59(53)57)39-25-41(61(3,4)5)31-42(26-39)62(6,7)8)34-58-46-18-16-38(30-50(46)56-24-36(2)22-54(48)60(56)58)40-27-43(63(9,10)11)32-44(28-40)64(12,13)14/h15-34H,1-14H3. The fourth-order valence-corrected chi connectivity index (χ4v) is 11.0. The molecule has 0 bridgehead atoms. The second-order valence-corrected chi connectivity index (χ2v) is 23.7. The van der Waals surface area contributed by atoms with Crippen molar-refractivity contribution in [1.29, 1.82) is 0 Å². The van der Waals surface area contributed by atoms with Gasteiger partial charge in [0, 0.05) is 0 Å². The van der Waals surface area contributed by atoms with Crippen LogP contribution < -0.4 is 0 Å². The van der Waals surface area contributed by atoms with Crippen molar-refractivity contribution < 1.29 is 0 Å². The van der Waals surface area contributed by atoms with Crippen molar-refractivity contribution in [3.63, 3.8) is 0 Å². The van der Waals surface area contributed by atoms with Gasteiger partial charge in [0.1, 0.15) is 0 Å². The van der Waals surface area contributed by atoms with Crippen LogP contribution in [0.15, 0.2) is 121 Å². The van der Waals surface area contributed by atoms with Gasteiger partial charge in [0.2, 0.25) is 0 Å². The summed E-state index contributed by atoms with van der Waals surface area (Å²) >= 11 is 0. The molecule has 0 aliphatic heterocycles. The van der Waals surface area contributed by atoms with E-state index in [9.17, 15) is 0 Å². The molecule has 0 aromatic heterocycles. The van der Waals surface area contributed by atoms with Crippen molar-refractivity contribution in [1.82, 2.24) is 0 Å². The van der Waals surface area contributed by atoms with Crippen molar-refractivity contribution in [2.45, 2.75) is 119 Å². The van der Waals surface area contributed by atoms with Crippen LogP contribution in [0.5, 0.6) is 0 Å². The molecule has 318 valence electrons. The number of benzene rings is 9. The van der Waals surface area contributed by atoms with E-state index in [1.807, 2.05) is 0 Å². The summed E-state index contributed by atoms with van der Waals surface area (Å²) in [6.07, 6.45) is 0. The zero-order valence-electron chi connectivity index (χ0n) is 40.5. The molecule has 0 fully saturated rings. The van der Waals surface area contributed by atoms with E-state index in [0.717, 1.165) is 0 Å². The summed E-state index contributed by atoms with van der Waals surface area (Å²) in [6, 6.07) is 48.7. The van der Waals surface area contributed by atoms with E-state index in [1.165, 1.54) is 142 Å². The molecule has 0 aliphatic rings. The minimum absolute atomic E-state index is 0.0552. The molecule has 0 aliphatic carbocycles. The Labute approximate surface area is 380 Å². The van der Waals surface area contributed by atoms with E-state index in [-0.39, 0.29) is 21.7 Å². The van der Waals surface area contributed by atoms with Gasteiger partial charge in [-0.1, -0.05) is 180 Å².